The van der Waals surface area contributed by atoms with E-state index in [-0.39, 0.29) is 5.78 Å². The molecule has 0 aliphatic heterocycles. The summed E-state index contributed by atoms with van der Waals surface area (Å²) in [6.07, 6.45) is 2.04. The first-order chi connectivity index (χ1) is 7.65. The van der Waals surface area contributed by atoms with E-state index in [2.05, 4.69) is 36.8 Å². The number of hydrogen-bond donors (Lipinski definition) is 0. The number of rotatable bonds is 3. The van der Waals surface area contributed by atoms with E-state index in [4.69, 9.17) is 0 Å². The Morgan fingerprint density at radius 1 is 1.38 bits per heavy atom. The van der Waals surface area contributed by atoms with Gasteiger partial charge in [-0.15, -0.1) is 11.3 Å². The van der Waals surface area contributed by atoms with Gasteiger partial charge in [0.2, 0.25) is 0 Å². The topological polar surface area (TPSA) is 30.0 Å². The summed E-state index contributed by atoms with van der Waals surface area (Å²) in [7, 11) is 0. The van der Waals surface area contributed by atoms with E-state index in [0.717, 1.165) is 19.5 Å². The molecule has 0 saturated carbocycles. The Bertz CT molecular complexity index is 507. The van der Waals surface area contributed by atoms with Gasteiger partial charge in [-0.05, 0) is 50.1 Å². The highest BCUT2D eigenvalue weighted by molar-refractivity contribution is 9.11. The molecule has 0 fully saturated rings. The fourth-order valence-corrected chi connectivity index (χ4v) is 2.63. The van der Waals surface area contributed by atoms with E-state index in [1.807, 2.05) is 23.6 Å². The van der Waals surface area contributed by atoms with Crippen molar-refractivity contribution in [3.05, 3.63) is 49.3 Å². The number of ketones is 1. The highest BCUT2D eigenvalue weighted by Gasteiger charge is 2.09. The molecule has 2 heterocycles. The van der Waals surface area contributed by atoms with Gasteiger partial charge in [-0.1, -0.05) is 0 Å². The Hall–Kier alpha value is -0.520. The highest BCUT2D eigenvalue weighted by Crippen LogP contribution is 2.21. The molecule has 16 heavy (non-hydrogen) atoms. The minimum atomic E-state index is 0.0942. The molecule has 0 amide bonds. The molecular weight excluding hydrogens is 354 g/mol. The summed E-state index contributed by atoms with van der Waals surface area (Å²) in [5.41, 5.74) is 1.53. The van der Waals surface area contributed by atoms with Crippen LogP contribution in [0.4, 0.5) is 0 Å². The molecule has 0 radical (unpaired) electrons. The van der Waals surface area contributed by atoms with Crippen molar-refractivity contribution in [3.8, 4) is 0 Å². The SMILES string of the molecule is O=C(Cc1ccc(Br)cn1)c1csc(Br)c1. The van der Waals surface area contributed by atoms with Crippen molar-refractivity contribution in [1.82, 2.24) is 4.98 Å². The van der Waals surface area contributed by atoms with Gasteiger partial charge in [0.05, 0.1) is 10.2 Å². The van der Waals surface area contributed by atoms with Crippen LogP contribution in [0.5, 0.6) is 0 Å². The van der Waals surface area contributed by atoms with Gasteiger partial charge >= 0.3 is 0 Å². The Kier molecular flexibility index (Phi) is 3.89. The first-order valence-corrected chi connectivity index (χ1v) is 6.99. The Balaban J connectivity index is 2.10. The zero-order valence-corrected chi connectivity index (χ0v) is 12.1. The van der Waals surface area contributed by atoms with Crippen molar-refractivity contribution < 1.29 is 4.79 Å². The lowest BCUT2D eigenvalue weighted by Gasteiger charge is -1.98. The lowest BCUT2D eigenvalue weighted by Crippen LogP contribution is -2.03. The number of carbonyl (C=O) groups excluding carboxylic acids is 1. The van der Waals surface area contributed by atoms with Crippen LogP contribution >= 0.6 is 43.2 Å². The smallest absolute Gasteiger partial charge is 0.169 e. The fraction of sp³-hybridized carbons (Fsp3) is 0.0909. The van der Waals surface area contributed by atoms with Gasteiger partial charge in [0.25, 0.3) is 0 Å². The Labute approximate surface area is 114 Å². The largest absolute Gasteiger partial charge is 0.294 e. The third-order valence-corrected chi connectivity index (χ3v) is 3.99. The summed E-state index contributed by atoms with van der Waals surface area (Å²) in [6.45, 7) is 0. The van der Waals surface area contributed by atoms with Crippen LogP contribution in [0, 0.1) is 0 Å². The van der Waals surface area contributed by atoms with Crippen LogP contribution in [0.1, 0.15) is 16.1 Å². The number of hydrogen-bond acceptors (Lipinski definition) is 3. The maximum atomic E-state index is 11.8. The lowest BCUT2D eigenvalue weighted by atomic mass is 10.1. The average molecular weight is 361 g/mol. The minimum Gasteiger partial charge on any atom is -0.294 e. The van der Waals surface area contributed by atoms with Crippen LogP contribution in [0.15, 0.2) is 38.0 Å². The van der Waals surface area contributed by atoms with Gasteiger partial charge in [-0.2, -0.15) is 0 Å². The van der Waals surface area contributed by atoms with Crippen molar-refractivity contribution in [2.45, 2.75) is 6.42 Å². The van der Waals surface area contributed by atoms with E-state index in [0.29, 0.717) is 6.42 Å². The standard InChI is InChI=1S/C11H7Br2NOS/c12-8-1-2-9(14-5-8)4-10(15)7-3-11(13)16-6-7/h1-3,5-6H,4H2. The monoisotopic (exact) mass is 359 g/mol. The molecular formula is C11H7Br2NOS. The molecule has 2 nitrogen and oxygen atoms in total. The number of aromatic nitrogens is 1. The van der Waals surface area contributed by atoms with Gasteiger partial charge in [0, 0.05) is 27.3 Å². The van der Waals surface area contributed by atoms with Crippen LogP contribution < -0.4 is 0 Å². The van der Waals surface area contributed by atoms with Gasteiger partial charge in [-0.25, -0.2) is 0 Å². The molecule has 0 unspecified atom stereocenters. The summed E-state index contributed by atoms with van der Waals surface area (Å²) in [5, 5.41) is 1.85. The number of pyridine rings is 1. The molecule has 0 atom stereocenters. The zero-order valence-electron chi connectivity index (χ0n) is 8.11. The van der Waals surface area contributed by atoms with E-state index >= 15 is 0 Å². The number of halogens is 2. The molecule has 0 aliphatic carbocycles. The molecule has 0 saturated heterocycles. The van der Waals surface area contributed by atoms with E-state index in [1.54, 1.807) is 6.20 Å². The number of thiophene rings is 1. The number of carbonyl (C=O) groups is 1. The predicted octanol–water partition coefficient (Wildman–Crippen LogP) is 4.09. The van der Waals surface area contributed by atoms with Crippen molar-refractivity contribution >= 4 is 49.0 Å². The maximum Gasteiger partial charge on any atom is 0.169 e. The van der Waals surface area contributed by atoms with Crippen molar-refractivity contribution in [1.29, 1.82) is 0 Å². The normalized spacial score (nSPS) is 10.4. The second-order valence-corrected chi connectivity index (χ2v) is 6.41. The molecule has 0 bridgehead atoms. The molecule has 0 aliphatic rings. The van der Waals surface area contributed by atoms with Gasteiger partial charge < -0.3 is 0 Å². The predicted molar refractivity (Wildman–Crippen MR) is 72.0 cm³/mol. The molecule has 0 spiro atoms. The third-order valence-electron chi connectivity index (χ3n) is 2.02. The summed E-state index contributed by atoms with van der Waals surface area (Å²) < 4.78 is 1.89. The first kappa shape index (κ1) is 12.0. The van der Waals surface area contributed by atoms with E-state index in [9.17, 15) is 4.79 Å². The van der Waals surface area contributed by atoms with Crippen molar-refractivity contribution in [2.75, 3.05) is 0 Å². The summed E-state index contributed by atoms with van der Waals surface area (Å²) in [6, 6.07) is 5.58. The number of nitrogens with zero attached hydrogens (tertiary/aromatic N) is 1. The summed E-state index contributed by atoms with van der Waals surface area (Å²) in [4.78, 5) is 16.0. The van der Waals surface area contributed by atoms with Gasteiger partial charge in [0.15, 0.2) is 5.78 Å². The van der Waals surface area contributed by atoms with Crippen molar-refractivity contribution in [3.63, 3.8) is 0 Å². The molecule has 2 aromatic heterocycles. The molecule has 2 aromatic rings. The lowest BCUT2D eigenvalue weighted by molar-refractivity contribution is 0.0992. The van der Waals surface area contributed by atoms with E-state index < -0.39 is 0 Å². The third kappa shape index (κ3) is 2.99. The van der Waals surface area contributed by atoms with Crippen LogP contribution in [-0.2, 0) is 6.42 Å². The average Bonchev–Trinajstić information content (AvgIpc) is 2.68. The molecule has 0 aromatic carbocycles. The highest BCUT2D eigenvalue weighted by atomic mass is 79.9. The molecule has 0 N–H and O–H groups in total. The quantitative estimate of drug-likeness (QED) is 0.771. The zero-order chi connectivity index (χ0) is 11.5. The first-order valence-electron chi connectivity index (χ1n) is 4.53. The maximum absolute atomic E-state index is 11.8. The minimum absolute atomic E-state index is 0.0942. The fourth-order valence-electron chi connectivity index (χ4n) is 1.23. The van der Waals surface area contributed by atoms with Crippen LogP contribution in [0.3, 0.4) is 0 Å². The summed E-state index contributed by atoms with van der Waals surface area (Å²) >= 11 is 8.16. The molecule has 2 rings (SSSR count). The van der Waals surface area contributed by atoms with Crippen molar-refractivity contribution in [2.24, 2.45) is 0 Å². The Morgan fingerprint density at radius 3 is 2.75 bits per heavy atom. The molecule has 5 heteroatoms. The van der Waals surface area contributed by atoms with E-state index in [1.165, 1.54) is 11.3 Å². The number of Topliss-reactive ketones (excluding diaryl/α,β-unsaturated/α-hetero) is 1. The van der Waals surface area contributed by atoms with Crippen LogP contribution in [0.2, 0.25) is 0 Å². The van der Waals surface area contributed by atoms with Crippen LogP contribution in [-0.4, -0.2) is 10.8 Å². The molecule has 82 valence electrons. The second kappa shape index (κ2) is 5.21. The Morgan fingerprint density at radius 2 is 2.19 bits per heavy atom. The van der Waals surface area contributed by atoms with Gasteiger partial charge in [-0.3, -0.25) is 9.78 Å². The summed E-state index contributed by atoms with van der Waals surface area (Å²) in [5.74, 6) is 0.0942. The van der Waals surface area contributed by atoms with Gasteiger partial charge in [0.1, 0.15) is 0 Å². The second-order valence-electron chi connectivity index (χ2n) is 3.21. The van der Waals surface area contributed by atoms with Crippen LogP contribution in [0.25, 0.3) is 0 Å².